The number of carbonyl (C=O) groups excluding carboxylic acids is 1. The van der Waals surface area contributed by atoms with Gasteiger partial charge in [-0.3, -0.25) is 4.79 Å². The second-order valence-electron chi connectivity index (χ2n) is 5.34. The molecule has 0 unspecified atom stereocenters. The number of ether oxygens (including phenoxy) is 1. The summed E-state index contributed by atoms with van der Waals surface area (Å²) in [5.74, 6) is 0.668. The van der Waals surface area contributed by atoms with Crippen LogP contribution in [-0.4, -0.2) is 23.5 Å². The van der Waals surface area contributed by atoms with E-state index in [2.05, 4.69) is 10.5 Å². The maximum atomic E-state index is 12.2. The van der Waals surface area contributed by atoms with Gasteiger partial charge in [-0.15, -0.1) is 11.8 Å². The van der Waals surface area contributed by atoms with Crippen molar-refractivity contribution in [1.82, 2.24) is 5.43 Å². The molecule has 0 saturated carbocycles. The van der Waals surface area contributed by atoms with Crippen LogP contribution in [0.5, 0.6) is 5.75 Å². The van der Waals surface area contributed by atoms with Gasteiger partial charge in [-0.25, -0.2) is 5.43 Å². The number of rotatable bonds is 7. The molecular weight excluding hydrogens is 356 g/mol. The number of nitrogens with zero attached hydrogens (tertiary/aromatic N) is 1. The highest BCUT2D eigenvalue weighted by Crippen LogP contribution is 2.24. The van der Waals surface area contributed by atoms with E-state index in [0.717, 1.165) is 21.9 Å². The molecule has 1 N–H and O–H groups in total. The van der Waals surface area contributed by atoms with Crippen LogP contribution in [0.15, 0.2) is 58.5 Å². The molecule has 1 atom stereocenters. The van der Waals surface area contributed by atoms with Crippen molar-refractivity contribution in [3.8, 4) is 5.75 Å². The maximum Gasteiger partial charge on any atom is 0.253 e. The minimum atomic E-state index is -0.266. The van der Waals surface area contributed by atoms with E-state index >= 15 is 0 Å². The van der Waals surface area contributed by atoms with E-state index in [-0.39, 0.29) is 11.2 Å². The molecule has 132 valence electrons. The Bertz CT molecular complexity index is 730. The minimum Gasteiger partial charge on any atom is -0.494 e. The molecule has 0 saturated heterocycles. The summed E-state index contributed by atoms with van der Waals surface area (Å²) in [6.07, 6.45) is 0. The first-order valence-corrected chi connectivity index (χ1v) is 9.25. The number of thioether (sulfide) groups is 1. The number of hydrogen-bond acceptors (Lipinski definition) is 4. The van der Waals surface area contributed by atoms with Crippen LogP contribution in [0.3, 0.4) is 0 Å². The van der Waals surface area contributed by atoms with Gasteiger partial charge in [0.1, 0.15) is 5.75 Å². The van der Waals surface area contributed by atoms with Gasteiger partial charge in [0.15, 0.2) is 0 Å². The van der Waals surface area contributed by atoms with E-state index in [1.54, 1.807) is 0 Å². The lowest BCUT2D eigenvalue weighted by Crippen LogP contribution is -2.27. The van der Waals surface area contributed by atoms with E-state index in [1.807, 2.05) is 69.3 Å². The average molecular weight is 377 g/mol. The van der Waals surface area contributed by atoms with Crippen LogP contribution in [0.25, 0.3) is 0 Å². The summed E-state index contributed by atoms with van der Waals surface area (Å²) < 4.78 is 5.41. The normalized spacial score (nSPS) is 12.6. The van der Waals surface area contributed by atoms with Crippen molar-refractivity contribution in [3.05, 3.63) is 59.1 Å². The molecule has 2 rings (SSSR count). The number of carbonyl (C=O) groups is 1. The fourth-order valence-corrected chi connectivity index (χ4v) is 3.01. The zero-order chi connectivity index (χ0) is 18.2. The first-order valence-electron chi connectivity index (χ1n) is 7.99. The number of nitrogens with one attached hydrogen (secondary N) is 1. The van der Waals surface area contributed by atoms with Gasteiger partial charge in [0, 0.05) is 9.92 Å². The van der Waals surface area contributed by atoms with Crippen LogP contribution >= 0.6 is 23.4 Å². The Morgan fingerprint density at radius 1 is 1.20 bits per heavy atom. The molecule has 4 nitrogen and oxygen atoms in total. The van der Waals surface area contributed by atoms with Crippen LogP contribution in [0.2, 0.25) is 5.02 Å². The van der Waals surface area contributed by atoms with Gasteiger partial charge in [0.2, 0.25) is 0 Å². The minimum absolute atomic E-state index is 0.148. The molecule has 1 amide bonds. The van der Waals surface area contributed by atoms with Gasteiger partial charge in [0.05, 0.1) is 17.6 Å². The van der Waals surface area contributed by atoms with Gasteiger partial charge in [-0.1, -0.05) is 11.6 Å². The van der Waals surface area contributed by atoms with Crippen molar-refractivity contribution in [1.29, 1.82) is 0 Å². The fourth-order valence-electron chi connectivity index (χ4n) is 2.02. The summed E-state index contributed by atoms with van der Waals surface area (Å²) in [6, 6.07) is 15.0. The molecule has 0 radical (unpaired) electrons. The molecule has 2 aromatic rings. The zero-order valence-corrected chi connectivity index (χ0v) is 16.0. The zero-order valence-electron chi connectivity index (χ0n) is 14.5. The van der Waals surface area contributed by atoms with Crippen LogP contribution in [0.4, 0.5) is 0 Å². The third-order valence-corrected chi connectivity index (χ3v) is 4.78. The quantitative estimate of drug-likeness (QED) is 0.430. The Morgan fingerprint density at radius 2 is 1.84 bits per heavy atom. The lowest BCUT2D eigenvalue weighted by atomic mass is 10.1. The molecule has 2 aromatic carbocycles. The highest BCUT2D eigenvalue weighted by molar-refractivity contribution is 8.00. The fraction of sp³-hybridized carbons (Fsp3) is 0.263. The highest BCUT2D eigenvalue weighted by atomic mass is 35.5. The number of benzene rings is 2. The van der Waals surface area contributed by atoms with Crippen LogP contribution in [-0.2, 0) is 4.79 Å². The van der Waals surface area contributed by atoms with E-state index in [1.165, 1.54) is 11.8 Å². The molecule has 0 aliphatic carbocycles. The SMILES string of the molecule is CCOc1ccc(/C(C)=N\NC(=O)[C@@H](C)Sc2ccc(Cl)cc2)cc1. The Morgan fingerprint density at radius 3 is 2.44 bits per heavy atom. The second-order valence-corrected chi connectivity index (χ2v) is 7.20. The second kappa shape index (κ2) is 9.49. The van der Waals surface area contributed by atoms with Crippen molar-refractivity contribution in [2.75, 3.05) is 6.61 Å². The number of amides is 1. The maximum absolute atomic E-state index is 12.2. The van der Waals surface area contributed by atoms with Crippen molar-refractivity contribution in [3.63, 3.8) is 0 Å². The molecule has 6 heteroatoms. The lowest BCUT2D eigenvalue weighted by molar-refractivity contribution is -0.120. The molecule has 0 bridgehead atoms. The molecular formula is C19H21ClN2O2S. The Kier molecular flexibility index (Phi) is 7.34. The average Bonchev–Trinajstić information content (AvgIpc) is 2.62. The van der Waals surface area contributed by atoms with E-state index in [4.69, 9.17) is 16.3 Å². The molecule has 0 spiro atoms. The molecule has 0 heterocycles. The van der Waals surface area contributed by atoms with Crippen LogP contribution in [0.1, 0.15) is 26.3 Å². The number of hydrogen-bond donors (Lipinski definition) is 1. The van der Waals surface area contributed by atoms with Gasteiger partial charge in [-0.05, 0) is 74.9 Å². The predicted molar refractivity (Wildman–Crippen MR) is 105 cm³/mol. The van der Waals surface area contributed by atoms with E-state index in [9.17, 15) is 4.79 Å². The van der Waals surface area contributed by atoms with Crippen molar-refractivity contribution in [2.24, 2.45) is 5.10 Å². The standard InChI is InChI=1S/C19H21ClN2O2S/c1-4-24-17-9-5-15(6-10-17)13(2)21-22-19(23)14(3)25-18-11-7-16(20)8-12-18/h5-12,14H,4H2,1-3H3,(H,22,23)/b21-13-/t14-/m1/s1. The summed E-state index contributed by atoms with van der Waals surface area (Å²) in [7, 11) is 0. The number of halogens is 1. The third kappa shape index (κ3) is 6.11. The summed E-state index contributed by atoms with van der Waals surface area (Å²) >= 11 is 7.33. The Labute approximate surface area is 157 Å². The third-order valence-electron chi connectivity index (χ3n) is 3.41. The monoisotopic (exact) mass is 376 g/mol. The summed E-state index contributed by atoms with van der Waals surface area (Å²) in [4.78, 5) is 13.2. The van der Waals surface area contributed by atoms with Gasteiger partial charge in [-0.2, -0.15) is 5.10 Å². The van der Waals surface area contributed by atoms with E-state index < -0.39 is 0 Å². The molecule has 25 heavy (non-hydrogen) atoms. The molecule has 0 aliphatic rings. The van der Waals surface area contributed by atoms with Gasteiger partial charge >= 0.3 is 0 Å². The molecule has 0 fully saturated rings. The number of hydrazone groups is 1. The van der Waals surface area contributed by atoms with Gasteiger partial charge < -0.3 is 4.74 Å². The van der Waals surface area contributed by atoms with E-state index in [0.29, 0.717) is 11.6 Å². The predicted octanol–water partition coefficient (Wildman–Crippen LogP) is 4.76. The Hall–Kier alpha value is -1.98. The Balaban J connectivity index is 1.92. The molecule has 0 aliphatic heterocycles. The largest absolute Gasteiger partial charge is 0.494 e. The first kappa shape index (κ1) is 19.3. The van der Waals surface area contributed by atoms with Gasteiger partial charge in [0.25, 0.3) is 5.91 Å². The summed E-state index contributed by atoms with van der Waals surface area (Å²) in [6.45, 7) is 6.27. The first-order chi connectivity index (χ1) is 12.0. The van der Waals surface area contributed by atoms with Crippen molar-refractivity contribution in [2.45, 2.75) is 30.9 Å². The lowest BCUT2D eigenvalue weighted by Gasteiger charge is -2.10. The van der Waals surface area contributed by atoms with Crippen LogP contribution < -0.4 is 10.2 Å². The van der Waals surface area contributed by atoms with Crippen molar-refractivity contribution < 1.29 is 9.53 Å². The summed E-state index contributed by atoms with van der Waals surface area (Å²) in [5, 5.41) is 4.60. The highest BCUT2D eigenvalue weighted by Gasteiger charge is 2.14. The smallest absolute Gasteiger partial charge is 0.253 e. The van der Waals surface area contributed by atoms with Crippen molar-refractivity contribution >= 4 is 35.0 Å². The molecule has 0 aromatic heterocycles. The topological polar surface area (TPSA) is 50.7 Å². The summed E-state index contributed by atoms with van der Waals surface area (Å²) in [5.41, 5.74) is 4.29. The van der Waals surface area contributed by atoms with Crippen LogP contribution in [0, 0.1) is 0 Å².